The molecule has 0 amide bonds. The van der Waals surface area contributed by atoms with Crippen molar-refractivity contribution in [1.29, 1.82) is 0 Å². The van der Waals surface area contributed by atoms with Crippen LogP contribution in [0.3, 0.4) is 0 Å². The monoisotopic (exact) mass is 362 g/mol. The third kappa shape index (κ3) is 4.52. The van der Waals surface area contributed by atoms with Crippen molar-refractivity contribution < 1.29 is 9.90 Å². The quantitative estimate of drug-likeness (QED) is 0.454. The number of benzene rings is 2. The van der Waals surface area contributed by atoms with E-state index in [4.69, 9.17) is 11.6 Å². The van der Waals surface area contributed by atoms with Crippen LogP contribution in [0, 0.1) is 0 Å². The Morgan fingerprint density at radius 1 is 1.08 bits per heavy atom. The summed E-state index contributed by atoms with van der Waals surface area (Å²) in [6, 6.07) is 14.3. The van der Waals surface area contributed by atoms with E-state index < -0.39 is 5.97 Å². The van der Waals surface area contributed by atoms with Gasteiger partial charge in [0.15, 0.2) is 0 Å². The molecule has 2 aromatic rings. The summed E-state index contributed by atoms with van der Waals surface area (Å²) in [4.78, 5) is 14.5. The molecule has 0 saturated carbocycles. The van der Waals surface area contributed by atoms with E-state index in [0.29, 0.717) is 16.4 Å². The Balaban J connectivity index is 2.43. The van der Waals surface area contributed by atoms with Crippen molar-refractivity contribution in [2.45, 2.75) is 18.7 Å². The van der Waals surface area contributed by atoms with Crippen LogP contribution in [0.4, 0.5) is 0 Å². The van der Waals surface area contributed by atoms with Gasteiger partial charge in [0.1, 0.15) is 5.84 Å². The Morgan fingerprint density at radius 2 is 1.67 bits per heavy atom. The molecule has 0 fully saturated rings. The fraction of sp³-hybridized carbons (Fsp3) is 0.222. The summed E-state index contributed by atoms with van der Waals surface area (Å²) in [6.45, 7) is 5.53. The van der Waals surface area contributed by atoms with Gasteiger partial charge in [-0.15, -0.1) is 0 Å². The Labute approximate surface area is 151 Å². The third-order valence-corrected chi connectivity index (χ3v) is 4.51. The van der Waals surface area contributed by atoms with Gasteiger partial charge in [0.25, 0.3) is 0 Å². The molecule has 0 atom stereocenters. The van der Waals surface area contributed by atoms with Crippen LogP contribution in [0.1, 0.15) is 29.8 Å². The van der Waals surface area contributed by atoms with Crippen molar-refractivity contribution >= 4 is 35.4 Å². The van der Waals surface area contributed by atoms with Crippen molar-refractivity contribution in [2.75, 3.05) is 13.1 Å². The first-order valence-electron chi connectivity index (χ1n) is 7.65. The number of carbonyl (C=O) groups is 1. The van der Waals surface area contributed by atoms with Gasteiger partial charge in [-0.05, 0) is 44.2 Å². The number of carboxylic acids is 1. The maximum absolute atomic E-state index is 11.5. The van der Waals surface area contributed by atoms with E-state index in [1.165, 1.54) is 11.9 Å². The summed E-state index contributed by atoms with van der Waals surface area (Å²) in [5.41, 5.74) is 0.870. The largest absolute Gasteiger partial charge is 0.478 e. The van der Waals surface area contributed by atoms with Crippen LogP contribution in [0.15, 0.2) is 57.8 Å². The lowest BCUT2D eigenvalue weighted by Crippen LogP contribution is -2.32. The smallest absolute Gasteiger partial charge is 0.336 e. The maximum atomic E-state index is 11.5. The van der Waals surface area contributed by atoms with Gasteiger partial charge in [-0.3, -0.25) is 0 Å². The molecule has 0 radical (unpaired) electrons. The van der Waals surface area contributed by atoms with Crippen LogP contribution in [0.2, 0.25) is 5.02 Å². The average molecular weight is 363 g/mol. The molecule has 2 aromatic carbocycles. The van der Waals surface area contributed by atoms with Crippen LogP contribution in [-0.2, 0) is 0 Å². The van der Waals surface area contributed by atoms with Crippen LogP contribution in [-0.4, -0.2) is 34.9 Å². The Kier molecular flexibility index (Phi) is 6.70. The first-order chi connectivity index (χ1) is 11.6. The van der Waals surface area contributed by atoms with E-state index in [-0.39, 0.29) is 5.56 Å². The Morgan fingerprint density at radius 3 is 2.21 bits per heavy atom. The molecule has 0 heterocycles. The molecule has 0 aromatic heterocycles. The predicted molar refractivity (Wildman–Crippen MR) is 100 cm³/mol. The van der Waals surface area contributed by atoms with Crippen molar-refractivity contribution in [3.05, 3.63) is 64.7 Å². The number of halogens is 1. The van der Waals surface area contributed by atoms with Crippen molar-refractivity contribution in [3.63, 3.8) is 0 Å². The summed E-state index contributed by atoms with van der Waals surface area (Å²) in [6.07, 6.45) is 0. The van der Waals surface area contributed by atoms with Gasteiger partial charge in [-0.25, -0.2) is 4.79 Å². The summed E-state index contributed by atoms with van der Waals surface area (Å²) >= 11 is 7.21. The van der Waals surface area contributed by atoms with E-state index >= 15 is 0 Å². The lowest BCUT2D eigenvalue weighted by Gasteiger charge is -2.24. The van der Waals surface area contributed by atoms with E-state index in [1.807, 2.05) is 49.1 Å². The molecule has 0 aliphatic carbocycles. The fourth-order valence-corrected chi connectivity index (χ4v) is 3.05. The molecule has 0 bridgehead atoms. The first kappa shape index (κ1) is 18.4. The van der Waals surface area contributed by atoms with E-state index in [2.05, 4.69) is 4.40 Å². The van der Waals surface area contributed by atoms with Gasteiger partial charge in [0, 0.05) is 40.5 Å². The zero-order valence-corrected chi connectivity index (χ0v) is 15.1. The standard InChI is InChI=1S/C18H19ClN2O2S/c1-3-21(4-2)17(15-7-5-6-8-16(15)18(22)23)20-24-14-11-9-13(19)10-12-14/h5-12H,3-4H2,1-2H3,(H,22,23). The molecular weight excluding hydrogens is 344 g/mol. The summed E-state index contributed by atoms with van der Waals surface area (Å²) in [5.74, 6) is -0.292. The predicted octanol–water partition coefficient (Wildman–Crippen LogP) is 4.83. The average Bonchev–Trinajstić information content (AvgIpc) is 2.60. The highest BCUT2D eigenvalue weighted by Crippen LogP contribution is 2.24. The molecule has 0 unspecified atom stereocenters. The number of hydrogen-bond acceptors (Lipinski definition) is 3. The summed E-state index contributed by atoms with van der Waals surface area (Å²) in [5, 5.41) is 10.1. The second-order valence-electron chi connectivity index (χ2n) is 4.98. The van der Waals surface area contributed by atoms with Crippen molar-refractivity contribution in [2.24, 2.45) is 4.40 Å². The highest BCUT2D eigenvalue weighted by molar-refractivity contribution is 7.98. The van der Waals surface area contributed by atoms with Gasteiger partial charge < -0.3 is 10.0 Å². The number of carboxylic acid groups (broad SMARTS) is 1. The zero-order valence-electron chi connectivity index (χ0n) is 13.6. The molecule has 1 N–H and O–H groups in total. The van der Waals surface area contributed by atoms with Crippen molar-refractivity contribution in [1.82, 2.24) is 4.90 Å². The molecule has 4 nitrogen and oxygen atoms in total. The van der Waals surface area contributed by atoms with E-state index in [1.54, 1.807) is 18.2 Å². The lowest BCUT2D eigenvalue weighted by molar-refractivity contribution is 0.0696. The molecule has 0 aliphatic rings. The molecule has 2 rings (SSSR count). The number of aromatic carboxylic acids is 1. The molecule has 126 valence electrons. The minimum atomic E-state index is -0.957. The number of rotatable bonds is 6. The molecular formula is C18H19ClN2O2S. The Hall–Kier alpha value is -1.98. The fourth-order valence-electron chi connectivity index (χ4n) is 2.26. The van der Waals surface area contributed by atoms with Gasteiger partial charge in [0.05, 0.1) is 5.56 Å². The second-order valence-corrected chi connectivity index (χ2v) is 6.26. The van der Waals surface area contributed by atoms with Gasteiger partial charge in [-0.1, -0.05) is 29.8 Å². The minimum absolute atomic E-state index is 0.250. The maximum Gasteiger partial charge on any atom is 0.336 e. The number of amidine groups is 1. The third-order valence-electron chi connectivity index (χ3n) is 3.51. The normalized spacial score (nSPS) is 11.4. The number of hydrogen-bond donors (Lipinski definition) is 1. The van der Waals surface area contributed by atoms with Crippen LogP contribution < -0.4 is 0 Å². The molecule has 6 heteroatoms. The molecule has 24 heavy (non-hydrogen) atoms. The van der Waals surface area contributed by atoms with Gasteiger partial charge >= 0.3 is 5.97 Å². The topological polar surface area (TPSA) is 52.9 Å². The van der Waals surface area contributed by atoms with Crippen molar-refractivity contribution in [3.8, 4) is 0 Å². The SMILES string of the molecule is CCN(CC)C(=NSc1ccc(Cl)cc1)c1ccccc1C(=O)O. The van der Waals surface area contributed by atoms with Crippen LogP contribution in [0.25, 0.3) is 0 Å². The van der Waals surface area contributed by atoms with E-state index in [9.17, 15) is 9.90 Å². The number of nitrogens with zero attached hydrogens (tertiary/aromatic N) is 2. The second kappa shape index (κ2) is 8.76. The minimum Gasteiger partial charge on any atom is -0.478 e. The Bertz CT molecular complexity index is 728. The first-order valence-corrected chi connectivity index (χ1v) is 8.80. The summed E-state index contributed by atoms with van der Waals surface area (Å²) in [7, 11) is 0. The van der Waals surface area contributed by atoms with Gasteiger partial charge in [-0.2, -0.15) is 4.40 Å². The highest BCUT2D eigenvalue weighted by atomic mass is 35.5. The van der Waals surface area contributed by atoms with Crippen LogP contribution in [0.5, 0.6) is 0 Å². The summed E-state index contributed by atoms with van der Waals surface area (Å²) < 4.78 is 4.63. The van der Waals surface area contributed by atoms with Gasteiger partial charge in [0.2, 0.25) is 0 Å². The zero-order chi connectivity index (χ0) is 17.5. The van der Waals surface area contributed by atoms with Crippen LogP contribution >= 0.6 is 23.5 Å². The molecule has 0 spiro atoms. The van der Waals surface area contributed by atoms with E-state index in [0.717, 1.165) is 18.0 Å². The lowest BCUT2D eigenvalue weighted by atomic mass is 10.1. The highest BCUT2D eigenvalue weighted by Gasteiger charge is 2.18. The molecule has 0 saturated heterocycles. The molecule has 0 aliphatic heterocycles.